The molecular formula is C14H11BrFN3O3S. The van der Waals surface area contributed by atoms with Crippen molar-refractivity contribution >= 4 is 43.2 Å². The topological polar surface area (TPSA) is 87.3 Å². The van der Waals surface area contributed by atoms with E-state index in [4.69, 9.17) is 0 Å². The zero-order chi connectivity index (χ0) is 16.6. The summed E-state index contributed by atoms with van der Waals surface area (Å²) in [5, 5.41) is 5.27. The van der Waals surface area contributed by atoms with E-state index in [9.17, 15) is 17.6 Å². The van der Waals surface area contributed by atoms with E-state index in [1.54, 1.807) is 24.3 Å². The van der Waals surface area contributed by atoms with Gasteiger partial charge in [0.1, 0.15) is 10.7 Å². The van der Waals surface area contributed by atoms with Gasteiger partial charge in [-0.15, -0.1) is 0 Å². The molecule has 0 aliphatic carbocycles. The lowest BCUT2D eigenvalue weighted by atomic mass is 10.2. The van der Waals surface area contributed by atoms with Gasteiger partial charge >= 0.3 is 0 Å². The minimum absolute atomic E-state index is 0.0380. The third kappa shape index (κ3) is 3.21. The van der Waals surface area contributed by atoms with Crippen LogP contribution in [0, 0.1) is 5.82 Å². The smallest absolute Gasteiger partial charge is 0.262 e. The second-order valence-corrected chi connectivity index (χ2v) is 7.34. The first-order valence-electron chi connectivity index (χ1n) is 6.51. The molecule has 1 heterocycles. The molecule has 3 N–H and O–H groups in total. The molecule has 2 aromatic rings. The molecule has 0 radical (unpaired) electrons. The van der Waals surface area contributed by atoms with Crippen molar-refractivity contribution in [1.29, 1.82) is 0 Å². The number of fused-ring (bicyclic) bond motifs is 1. The van der Waals surface area contributed by atoms with Crippen molar-refractivity contribution in [2.75, 3.05) is 10.6 Å². The minimum Gasteiger partial charge on any atom is -0.360 e. The molecular weight excluding hydrogens is 389 g/mol. The summed E-state index contributed by atoms with van der Waals surface area (Å²) in [5.74, 6) is -1.21. The van der Waals surface area contributed by atoms with E-state index in [-0.39, 0.29) is 10.6 Å². The number of hydrogen-bond donors (Lipinski definition) is 3. The van der Waals surface area contributed by atoms with Crippen LogP contribution in [0.3, 0.4) is 0 Å². The lowest BCUT2D eigenvalue weighted by Crippen LogP contribution is -2.51. The van der Waals surface area contributed by atoms with Gasteiger partial charge in [0.05, 0.1) is 11.4 Å². The monoisotopic (exact) mass is 399 g/mol. The molecule has 1 amide bonds. The molecule has 1 aliphatic heterocycles. The Morgan fingerprint density at radius 2 is 1.96 bits per heavy atom. The van der Waals surface area contributed by atoms with E-state index in [0.29, 0.717) is 10.2 Å². The molecule has 0 bridgehead atoms. The van der Waals surface area contributed by atoms with E-state index < -0.39 is 27.9 Å². The highest BCUT2D eigenvalue weighted by atomic mass is 79.9. The Balaban J connectivity index is 1.88. The fourth-order valence-corrected chi connectivity index (χ4v) is 3.78. The van der Waals surface area contributed by atoms with Crippen LogP contribution in [0.5, 0.6) is 0 Å². The number of amides is 1. The zero-order valence-electron chi connectivity index (χ0n) is 11.5. The summed E-state index contributed by atoms with van der Waals surface area (Å²) in [4.78, 5) is 12.2. The fourth-order valence-electron chi connectivity index (χ4n) is 2.14. The van der Waals surface area contributed by atoms with Gasteiger partial charge in [-0.05, 0) is 46.3 Å². The fraction of sp³-hybridized carbons (Fsp3) is 0.0714. The Morgan fingerprint density at radius 1 is 1.22 bits per heavy atom. The molecule has 3 rings (SSSR count). The second-order valence-electron chi connectivity index (χ2n) is 4.81. The average molecular weight is 400 g/mol. The number of rotatable bonds is 2. The first-order chi connectivity index (χ1) is 10.9. The molecule has 0 spiro atoms. The predicted octanol–water partition coefficient (Wildman–Crippen LogP) is 2.26. The van der Waals surface area contributed by atoms with Gasteiger partial charge in [-0.2, -0.15) is 4.72 Å². The molecule has 1 aliphatic rings. The maximum absolute atomic E-state index is 13.3. The van der Waals surface area contributed by atoms with Crippen molar-refractivity contribution in [3.8, 4) is 0 Å². The lowest BCUT2D eigenvalue weighted by Gasteiger charge is -2.27. The van der Waals surface area contributed by atoms with Crippen molar-refractivity contribution in [2.45, 2.75) is 11.1 Å². The molecule has 2 aromatic carbocycles. The normalized spacial score (nSPS) is 18.6. The number of hydrogen-bond acceptors (Lipinski definition) is 4. The molecule has 0 saturated carbocycles. The van der Waals surface area contributed by atoms with Crippen LogP contribution in [-0.2, 0) is 14.8 Å². The van der Waals surface area contributed by atoms with Gasteiger partial charge in [-0.1, -0.05) is 12.1 Å². The third-order valence-electron chi connectivity index (χ3n) is 3.20. The van der Waals surface area contributed by atoms with Crippen molar-refractivity contribution in [1.82, 2.24) is 4.72 Å². The van der Waals surface area contributed by atoms with Gasteiger partial charge < -0.3 is 10.6 Å². The quantitative estimate of drug-likeness (QED) is 0.722. The molecule has 1 unspecified atom stereocenters. The summed E-state index contributed by atoms with van der Waals surface area (Å²) in [7, 11) is -3.91. The Labute approximate surface area is 140 Å². The summed E-state index contributed by atoms with van der Waals surface area (Å²) in [6.07, 6.45) is -1.25. The van der Waals surface area contributed by atoms with E-state index >= 15 is 0 Å². The third-order valence-corrected chi connectivity index (χ3v) is 5.37. The molecule has 1 atom stereocenters. The Morgan fingerprint density at radius 3 is 2.70 bits per heavy atom. The SMILES string of the molecule is O=C(Nc1ccccc1Br)C1Nc2cc(F)ccc2S(=O)(=O)N1. The van der Waals surface area contributed by atoms with Crippen molar-refractivity contribution in [2.24, 2.45) is 0 Å². The van der Waals surface area contributed by atoms with E-state index in [0.717, 1.165) is 18.2 Å². The first kappa shape index (κ1) is 15.9. The average Bonchev–Trinajstić information content (AvgIpc) is 2.48. The predicted molar refractivity (Wildman–Crippen MR) is 86.9 cm³/mol. The van der Waals surface area contributed by atoms with Crippen LogP contribution in [-0.4, -0.2) is 20.5 Å². The highest BCUT2D eigenvalue weighted by Gasteiger charge is 2.33. The maximum atomic E-state index is 13.3. The maximum Gasteiger partial charge on any atom is 0.262 e. The van der Waals surface area contributed by atoms with E-state index in [1.165, 1.54) is 0 Å². The highest BCUT2D eigenvalue weighted by molar-refractivity contribution is 9.10. The number of nitrogens with one attached hydrogen (secondary N) is 3. The molecule has 120 valence electrons. The van der Waals surface area contributed by atoms with Gasteiger partial charge in [0.2, 0.25) is 10.0 Å². The molecule has 23 heavy (non-hydrogen) atoms. The van der Waals surface area contributed by atoms with Crippen LogP contribution in [0.25, 0.3) is 0 Å². The van der Waals surface area contributed by atoms with Gasteiger partial charge in [-0.25, -0.2) is 12.8 Å². The molecule has 0 aromatic heterocycles. The van der Waals surface area contributed by atoms with E-state index in [1.807, 2.05) is 0 Å². The summed E-state index contributed by atoms with van der Waals surface area (Å²) in [6, 6.07) is 10.1. The Kier molecular flexibility index (Phi) is 4.09. The van der Waals surface area contributed by atoms with Crippen molar-refractivity contribution in [3.05, 3.63) is 52.8 Å². The largest absolute Gasteiger partial charge is 0.360 e. The van der Waals surface area contributed by atoms with E-state index in [2.05, 4.69) is 31.3 Å². The second kappa shape index (κ2) is 5.91. The van der Waals surface area contributed by atoms with Crippen LogP contribution >= 0.6 is 15.9 Å². The van der Waals surface area contributed by atoms with Crippen molar-refractivity contribution in [3.63, 3.8) is 0 Å². The standard InChI is InChI=1S/C14H11BrFN3O3S/c15-9-3-1-2-4-10(9)18-14(20)13-17-11-7-8(16)5-6-12(11)23(21,22)19-13/h1-7,13,17,19H,(H,18,20). The molecule has 6 nitrogen and oxygen atoms in total. The Hall–Kier alpha value is -1.97. The summed E-state index contributed by atoms with van der Waals surface area (Å²) < 4.78 is 40.5. The zero-order valence-corrected chi connectivity index (χ0v) is 13.9. The number of carbonyl (C=O) groups excluding carboxylic acids is 1. The van der Waals surface area contributed by atoms with Gasteiger partial charge in [0.25, 0.3) is 5.91 Å². The number of para-hydroxylation sites is 1. The number of sulfonamides is 1. The highest BCUT2D eigenvalue weighted by Crippen LogP contribution is 2.27. The van der Waals surface area contributed by atoms with Crippen LogP contribution in [0.4, 0.5) is 15.8 Å². The van der Waals surface area contributed by atoms with Gasteiger partial charge in [-0.3, -0.25) is 4.79 Å². The first-order valence-corrected chi connectivity index (χ1v) is 8.78. The van der Waals surface area contributed by atoms with Gasteiger partial charge in [0.15, 0.2) is 6.17 Å². The van der Waals surface area contributed by atoms with Crippen LogP contribution in [0.15, 0.2) is 51.8 Å². The van der Waals surface area contributed by atoms with Crippen LogP contribution in [0.2, 0.25) is 0 Å². The summed E-state index contributed by atoms with van der Waals surface area (Å²) in [5.41, 5.74) is 0.527. The minimum atomic E-state index is -3.91. The number of benzene rings is 2. The molecule has 0 fully saturated rings. The Bertz CT molecular complexity index is 889. The summed E-state index contributed by atoms with van der Waals surface area (Å²) >= 11 is 3.28. The van der Waals surface area contributed by atoms with Crippen molar-refractivity contribution < 1.29 is 17.6 Å². The molecule has 0 saturated heterocycles. The lowest BCUT2D eigenvalue weighted by molar-refractivity contribution is -0.117. The number of anilines is 2. The number of carbonyl (C=O) groups is 1. The summed E-state index contributed by atoms with van der Waals surface area (Å²) in [6.45, 7) is 0. The number of halogens is 2. The van der Waals surface area contributed by atoms with Crippen LogP contribution < -0.4 is 15.4 Å². The molecule has 9 heteroatoms. The van der Waals surface area contributed by atoms with Crippen LogP contribution in [0.1, 0.15) is 0 Å². The van der Waals surface area contributed by atoms with Gasteiger partial charge in [0, 0.05) is 4.47 Å².